The highest BCUT2D eigenvalue weighted by Gasteiger charge is 2.19. The van der Waals surface area contributed by atoms with Crippen LogP contribution in [0.5, 0.6) is 0 Å². The van der Waals surface area contributed by atoms with Crippen LogP contribution in [0, 0.1) is 17.5 Å². The van der Waals surface area contributed by atoms with E-state index in [0.29, 0.717) is 0 Å². The Balaban J connectivity index is 2.23. The molecule has 2 rings (SSSR count). The van der Waals surface area contributed by atoms with Gasteiger partial charge in [-0.3, -0.25) is 9.78 Å². The number of benzene rings is 1. The summed E-state index contributed by atoms with van der Waals surface area (Å²) >= 11 is 0. The van der Waals surface area contributed by atoms with Gasteiger partial charge in [0.25, 0.3) is 5.91 Å². The summed E-state index contributed by atoms with van der Waals surface area (Å²) in [5.41, 5.74) is 0.144. The maximum atomic E-state index is 13.2. The third-order valence-electron chi connectivity index (χ3n) is 2.82. The first-order valence-electron chi connectivity index (χ1n) is 5.99. The van der Waals surface area contributed by atoms with Gasteiger partial charge in [-0.1, -0.05) is 0 Å². The van der Waals surface area contributed by atoms with Gasteiger partial charge in [0, 0.05) is 12.4 Å². The number of hydrogen-bond acceptors (Lipinski definition) is 3. The number of nitrogens with zero attached hydrogens (tertiary/aromatic N) is 1. The van der Waals surface area contributed by atoms with E-state index in [1.54, 1.807) is 6.07 Å². The fraction of sp³-hybridized carbons (Fsp3) is 0.143. The van der Waals surface area contributed by atoms with Crippen molar-refractivity contribution >= 4 is 5.91 Å². The van der Waals surface area contributed by atoms with Gasteiger partial charge in [0.1, 0.15) is 0 Å². The molecule has 1 aromatic carbocycles. The number of carbonyl (C=O) groups excluding carboxylic acids is 1. The number of aliphatic hydroxyl groups excluding tert-OH is 1. The minimum atomic E-state index is -1.60. The highest BCUT2D eigenvalue weighted by atomic mass is 19.2. The van der Waals surface area contributed by atoms with Crippen LogP contribution in [0.3, 0.4) is 0 Å². The topological polar surface area (TPSA) is 62.2 Å². The molecule has 1 heterocycles. The van der Waals surface area contributed by atoms with E-state index in [9.17, 15) is 23.1 Å². The predicted octanol–water partition coefficient (Wildman–Crippen LogP) is 1.96. The number of aromatic nitrogens is 1. The molecule has 0 spiro atoms. The lowest BCUT2D eigenvalue weighted by Gasteiger charge is -2.17. The monoisotopic (exact) mass is 296 g/mol. The molecule has 0 saturated carbocycles. The average Bonchev–Trinajstić information content (AvgIpc) is 2.50. The number of rotatable bonds is 4. The molecule has 1 unspecified atom stereocenters. The summed E-state index contributed by atoms with van der Waals surface area (Å²) in [4.78, 5) is 15.7. The molecule has 2 N–H and O–H groups in total. The van der Waals surface area contributed by atoms with E-state index in [-0.39, 0.29) is 11.1 Å². The lowest BCUT2D eigenvalue weighted by atomic mass is 10.1. The van der Waals surface area contributed by atoms with E-state index in [4.69, 9.17) is 0 Å². The molecule has 0 saturated heterocycles. The summed E-state index contributed by atoms with van der Waals surface area (Å²) in [6.45, 7) is -0.601. The number of halogens is 3. The van der Waals surface area contributed by atoms with Crippen LogP contribution in [-0.2, 0) is 0 Å². The lowest BCUT2D eigenvalue weighted by Crippen LogP contribution is -2.31. The summed E-state index contributed by atoms with van der Waals surface area (Å²) < 4.78 is 39.3. The zero-order valence-electron chi connectivity index (χ0n) is 10.7. The molecule has 0 aliphatic rings. The molecule has 110 valence electrons. The minimum absolute atomic E-state index is 0.0776. The van der Waals surface area contributed by atoms with E-state index >= 15 is 0 Å². The Morgan fingerprint density at radius 1 is 1.29 bits per heavy atom. The normalized spacial score (nSPS) is 12.0. The van der Waals surface area contributed by atoms with Crippen LogP contribution in [0.2, 0.25) is 0 Å². The van der Waals surface area contributed by atoms with Crippen LogP contribution in [0.15, 0.2) is 36.7 Å². The number of carbonyl (C=O) groups is 1. The van der Waals surface area contributed by atoms with Crippen LogP contribution in [0.1, 0.15) is 22.0 Å². The number of amides is 1. The Hall–Kier alpha value is -2.41. The Kier molecular flexibility index (Phi) is 4.54. The molecule has 0 radical (unpaired) electrons. The number of hydrogen-bond donors (Lipinski definition) is 2. The SMILES string of the molecule is O=C(NC(CO)c1cc(F)c(F)c(F)c1)c1cccnc1. The first-order valence-corrected chi connectivity index (χ1v) is 5.99. The summed E-state index contributed by atoms with van der Waals surface area (Å²) in [6.07, 6.45) is 2.78. The van der Waals surface area contributed by atoms with Crippen molar-refractivity contribution in [2.45, 2.75) is 6.04 Å². The highest BCUT2D eigenvalue weighted by molar-refractivity contribution is 5.94. The Morgan fingerprint density at radius 3 is 2.48 bits per heavy atom. The summed E-state index contributed by atoms with van der Waals surface area (Å²) in [5, 5.41) is 11.6. The molecule has 1 amide bonds. The molecule has 1 atom stereocenters. The van der Waals surface area contributed by atoms with Crippen molar-refractivity contribution in [2.75, 3.05) is 6.61 Å². The van der Waals surface area contributed by atoms with Crippen molar-refractivity contribution < 1.29 is 23.1 Å². The maximum Gasteiger partial charge on any atom is 0.253 e. The molecular formula is C14H11F3N2O2. The van der Waals surface area contributed by atoms with E-state index in [2.05, 4.69) is 10.3 Å². The van der Waals surface area contributed by atoms with Crippen molar-refractivity contribution in [1.82, 2.24) is 10.3 Å². The van der Waals surface area contributed by atoms with Crippen molar-refractivity contribution in [3.8, 4) is 0 Å². The highest BCUT2D eigenvalue weighted by Crippen LogP contribution is 2.19. The fourth-order valence-electron chi connectivity index (χ4n) is 1.75. The average molecular weight is 296 g/mol. The minimum Gasteiger partial charge on any atom is -0.394 e. The summed E-state index contributed by atoms with van der Waals surface area (Å²) in [5.74, 6) is -4.96. The first-order chi connectivity index (χ1) is 10.0. The molecule has 4 nitrogen and oxygen atoms in total. The summed E-state index contributed by atoms with van der Waals surface area (Å²) in [6, 6.07) is 3.41. The fourth-order valence-corrected chi connectivity index (χ4v) is 1.75. The van der Waals surface area contributed by atoms with Crippen molar-refractivity contribution in [3.05, 3.63) is 65.2 Å². The third-order valence-corrected chi connectivity index (χ3v) is 2.82. The Labute approximate surface area is 118 Å². The van der Waals surface area contributed by atoms with Gasteiger partial charge in [0.2, 0.25) is 0 Å². The van der Waals surface area contributed by atoms with Crippen LogP contribution >= 0.6 is 0 Å². The summed E-state index contributed by atoms with van der Waals surface area (Å²) in [7, 11) is 0. The molecule has 0 aliphatic carbocycles. The van der Waals surface area contributed by atoms with E-state index < -0.39 is 36.0 Å². The standard InChI is InChI=1S/C14H11F3N2O2/c15-10-4-9(5-11(16)13(10)17)12(7-20)19-14(21)8-2-1-3-18-6-8/h1-6,12,20H,7H2,(H,19,21). The Bertz CT molecular complexity index is 627. The van der Waals surface area contributed by atoms with Crippen molar-refractivity contribution in [1.29, 1.82) is 0 Å². The van der Waals surface area contributed by atoms with Crippen molar-refractivity contribution in [2.24, 2.45) is 0 Å². The molecule has 21 heavy (non-hydrogen) atoms. The predicted molar refractivity (Wildman–Crippen MR) is 67.8 cm³/mol. The zero-order chi connectivity index (χ0) is 15.4. The van der Waals surface area contributed by atoms with Gasteiger partial charge in [0.05, 0.1) is 18.2 Å². The molecule has 0 fully saturated rings. The molecule has 7 heteroatoms. The zero-order valence-corrected chi connectivity index (χ0v) is 10.7. The van der Waals surface area contributed by atoms with Gasteiger partial charge < -0.3 is 10.4 Å². The number of nitrogens with one attached hydrogen (secondary N) is 1. The van der Waals surface area contributed by atoms with E-state index in [1.165, 1.54) is 18.5 Å². The van der Waals surface area contributed by atoms with Crippen LogP contribution in [0.4, 0.5) is 13.2 Å². The van der Waals surface area contributed by atoms with Gasteiger partial charge in [-0.2, -0.15) is 0 Å². The number of aliphatic hydroxyl groups is 1. The number of pyridine rings is 1. The smallest absolute Gasteiger partial charge is 0.253 e. The second-order valence-corrected chi connectivity index (χ2v) is 4.25. The third kappa shape index (κ3) is 3.38. The van der Waals surface area contributed by atoms with E-state index in [1.807, 2.05) is 0 Å². The quantitative estimate of drug-likeness (QED) is 0.848. The lowest BCUT2D eigenvalue weighted by molar-refractivity contribution is 0.0915. The van der Waals surface area contributed by atoms with Gasteiger partial charge in [-0.15, -0.1) is 0 Å². The Morgan fingerprint density at radius 2 is 1.95 bits per heavy atom. The largest absolute Gasteiger partial charge is 0.394 e. The van der Waals surface area contributed by atoms with Gasteiger partial charge >= 0.3 is 0 Å². The molecular weight excluding hydrogens is 285 g/mol. The second kappa shape index (κ2) is 6.36. The molecule has 2 aromatic rings. The molecule has 0 aliphatic heterocycles. The first kappa shape index (κ1) is 15.0. The second-order valence-electron chi connectivity index (χ2n) is 4.25. The van der Waals surface area contributed by atoms with Gasteiger partial charge in [-0.25, -0.2) is 13.2 Å². The van der Waals surface area contributed by atoms with Crippen LogP contribution in [-0.4, -0.2) is 22.6 Å². The van der Waals surface area contributed by atoms with Crippen LogP contribution in [0.25, 0.3) is 0 Å². The molecule has 0 bridgehead atoms. The van der Waals surface area contributed by atoms with Crippen LogP contribution < -0.4 is 5.32 Å². The van der Waals surface area contributed by atoms with Gasteiger partial charge in [0.15, 0.2) is 17.5 Å². The molecule has 1 aromatic heterocycles. The van der Waals surface area contributed by atoms with Gasteiger partial charge in [-0.05, 0) is 29.8 Å². The van der Waals surface area contributed by atoms with E-state index in [0.717, 1.165) is 12.1 Å². The van der Waals surface area contributed by atoms with Crippen molar-refractivity contribution in [3.63, 3.8) is 0 Å². The maximum absolute atomic E-state index is 13.2.